The molecule has 0 unspecified atom stereocenters. The first-order valence-corrected chi connectivity index (χ1v) is 6.89. The summed E-state index contributed by atoms with van der Waals surface area (Å²) >= 11 is 0. The summed E-state index contributed by atoms with van der Waals surface area (Å²) < 4.78 is 13.8. The Morgan fingerprint density at radius 3 is 1.95 bits per heavy atom. The lowest BCUT2D eigenvalue weighted by molar-refractivity contribution is -0.161. The van der Waals surface area contributed by atoms with Gasteiger partial charge in [-0.2, -0.15) is 0 Å². The molecule has 0 aromatic rings. The van der Waals surface area contributed by atoms with Crippen LogP contribution in [0.1, 0.15) is 40.5 Å². The summed E-state index contributed by atoms with van der Waals surface area (Å²) in [6.45, 7) is 7.13. The third-order valence-electron chi connectivity index (χ3n) is 2.09. The van der Waals surface area contributed by atoms with Gasteiger partial charge in [0, 0.05) is 12.2 Å². The standard InChI is InChI=1S/C15H22O7/c1-5-20-11(16)6-7-12(17)21-9-8-13(18)22-14(19)10-15(2,3)4/h6-7H,5,8-10H2,1-4H3. The number of hydrogen-bond donors (Lipinski definition) is 0. The van der Waals surface area contributed by atoms with Crippen molar-refractivity contribution in [2.45, 2.75) is 40.5 Å². The van der Waals surface area contributed by atoms with E-state index in [0.717, 1.165) is 12.2 Å². The molecule has 22 heavy (non-hydrogen) atoms. The summed E-state index contributed by atoms with van der Waals surface area (Å²) in [7, 11) is 0. The van der Waals surface area contributed by atoms with E-state index in [9.17, 15) is 19.2 Å². The molecule has 7 heteroatoms. The minimum Gasteiger partial charge on any atom is -0.463 e. The molecule has 0 saturated heterocycles. The SMILES string of the molecule is CCOC(=O)C=CC(=O)OCCC(=O)OC(=O)CC(C)(C)C. The summed E-state index contributed by atoms with van der Waals surface area (Å²) in [5, 5.41) is 0. The Bertz CT molecular complexity index is 443. The van der Waals surface area contributed by atoms with Gasteiger partial charge in [-0.25, -0.2) is 9.59 Å². The van der Waals surface area contributed by atoms with E-state index in [1.165, 1.54) is 0 Å². The van der Waals surface area contributed by atoms with Gasteiger partial charge in [0.1, 0.15) is 6.61 Å². The highest BCUT2D eigenvalue weighted by atomic mass is 16.6. The van der Waals surface area contributed by atoms with Gasteiger partial charge in [0.25, 0.3) is 0 Å². The van der Waals surface area contributed by atoms with Crippen LogP contribution in [0.5, 0.6) is 0 Å². The Morgan fingerprint density at radius 2 is 1.45 bits per heavy atom. The number of esters is 4. The normalized spacial score (nSPS) is 11.1. The van der Waals surface area contributed by atoms with Crippen LogP contribution in [-0.2, 0) is 33.4 Å². The van der Waals surface area contributed by atoms with E-state index in [-0.39, 0.29) is 31.5 Å². The van der Waals surface area contributed by atoms with Crippen molar-refractivity contribution in [3.05, 3.63) is 12.2 Å². The summed E-state index contributed by atoms with van der Waals surface area (Å²) in [6, 6.07) is 0. The molecule has 0 radical (unpaired) electrons. The molecule has 7 nitrogen and oxygen atoms in total. The molecule has 0 aromatic carbocycles. The van der Waals surface area contributed by atoms with Crippen molar-refractivity contribution < 1.29 is 33.4 Å². The average Bonchev–Trinajstić information content (AvgIpc) is 2.34. The van der Waals surface area contributed by atoms with E-state index in [2.05, 4.69) is 14.2 Å². The summed E-state index contributed by atoms with van der Waals surface area (Å²) in [5.74, 6) is -2.84. The Labute approximate surface area is 129 Å². The van der Waals surface area contributed by atoms with Crippen LogP contribution in [0.25, 0.3) is 0 Å². The highest BCUT2D eigenvalue weighted by Gasteiger charge is 2.19. The van der Waals surface area contributed by atoms with Crippen molar-refractivity contribution in [3.8, 4) is 0 Å². The average molecular weight is 314 g/mol. The highest BCUT2D eigenvalue weighted by Crippen LogP contribution is 2.18. The lowest BCUT2D eigenvalue weighted by Gasteiger charge is -2.15. The van der Waals surface area contributed by atoms with Gasteiger partial charge in [-0.15, -0.1) is 0 Å². The molecule has 0 saturated carbocycles. The number of carbonyl (C=O) groups is 4. The molecule has 0 atom stereocenters. The molecule has 0 aliphatic heterocycles. The van der Waals surface area contributed by atoms with Gasteiger partial charge in [-0.1, -0.05) is 20.8 Å². The Kier molecular flexibility index (Phi) is 8.74. The van der Waals surface area contributed by atoms with E-state index >= 15 is 0 Å². The van der Waals surface area contributed by atoms with Crippen LogP contribution >= 0.6 is 0 Å². The minimum atomic E-state index is -0.790. The number of rotatable bonds is 7. The third-order valence-corrected chi connectivity index (χ3v) is 2.09. The summed E-state index contributed by atoms with van der Waals surface area (Å²) in [5.41, 5.74) is -0.276. The lowest BCUT2D eigenvalue weighted by atomic mass is 9.92. The first-order chi connectivity index (χ1) is 10.1. The van der Waals surface area contributed by atoms with Crippen LogP contribution in [0.3, 0.4) is 0 Å². The Hall–Kier alpha value is -2.18. The number of carbonyl (C=O) groups excluding carboxylic acids is 4. The molecule has 124 valence electrons. The molecule has 0 aromatic heterocycles. The monoisotopic (exact) mass is 314 g/mol. The van der Waals surface area contributed by atoms with Crippen LogP contribution in [0, 0.1) is 5.41 Å². The smallest absolute Gasteiger partial charge is 0.331 e. The number of ether oxygens (including phenoxy) is 3. The Balaban J connectivity index is 3.95. The van der Waals surface area contributed by atoms with E-state index < -0.39 is 23.9 Å². The highest BCUT2D eigenvalue weighted by molar-refractivity contribution is 5.91. The summed E-state index contributed by atoms with van der Waals surface area (Å²) in [6.07, 6.45) is 1.70. The fourth-order valence-corrected chi connectivity index (χ4v) is 1.26. The second kappa shape index (κ2) is 9.70. The molecule has 0 amide bonds. The molecule has 0 fully saturated rings. The first-order valence-electron chi connectivity index (χ1n) is 6.89. The van der Waals surface area contributed by atoms with Crippen LogP contribution in [0.4, 0.5) is 0 Å². The predicted molar refractivity (Wildman–Crippen MR) is 76.5 cm³/mol. The quantitative estimate of drug-likeness (QED) is 0.304. The fourth-order valence-electron chi connectivity index (χ4n) is 1.26. The van der Waals surface area contributed by atoms with E-state index in [1.807, 2.05) is 20.8 Å². The maximum absolute atomic E-state index is 11.4. The molecule has 0 N–H and O–H groups in total. The topological polar surface area (TPSA) is 96.0 Å². The van der Waals surface area contributed by atoms with Crippen molar-refractivity contribution in [1.82, 2.24) is 0 Å². The zero-order valence-electron chi connectivity index (χ0n) is 13.3. The van der Waals surface area contributed by atoms with E-state index in [1.54, 1.807) is 6.92 Å². The van der Waals surface area contributed by atoms with Crippen molar-refractivity contribution in [3.63, 3.8) is 0 Å². The zero-order chi connectivity index (χ0) is 17.2. The minimum absolute atomic E-state index is 0.112. The maximum atomic E-state index is 11.4. The van der Waals surface area contributed by atoms with Gasteiger partial charge in [-0.05, 0) is 12.3 Å². The Morgan fingerprint density at radius 1 is 0.909 bits per heavy atom. The van der Waals surface area contributed by atoms with E-state index in [0.29, 0.717) is 0 Å². The molecular weight excluding hydrogens is 292 g/mol. The van der Waals surface area contributed by atoms with Crippen LogP contribution in [0.15, 0.2) is 12.2 Å². The van der Waals surface area contributed by atoms with Gasteiger partial charge in [0.15, 0.2) is 0 Å². The second-order valence-corrected chi connectivity index (χ2v) is 5.59. The maximum Gasteiger partial charge on any atom is 0.331 e. The van der Waals surface area contributed by atoms with Crippen molar-refractivity contribution >= 4 is 23.9 Å². The van der Waals surface area contributed by atoms with Crippen LogP contribution < -0.4 is 0 Å². The van der Waals surface area contributed by atoms with Crippen molar-refractivity contribution in [2.75, 3.05) is 13.2 Å². The predicted octanol–water partition coefficient (Wildman–Crippen LogP) is 1.54. The van der Waals surface area contributed by atoms with Gasteiger partial charge in [0.2, 0.25) is 0 Å². The largest absolute Gasteiger partial charge is 0.463 e. The number of hydrogen-bond acceptors (Lipinski definition) is 7. The molecule has 0 rings (SSSR count). The molecular formula is C15H22O7. The summed E-state index contributed by atoms with van der Waals surface area (Å²) in [4.78, 5) is 44.9. The third kappa shape index (κ3) is 11.6. The molecule has 0 aliphatic rings. The van der Waals surface area contributed by atoms with Crippen LogP contribution in [0.2, 0.25) is 0 Å². The van der Waals surface area contributed by atoms with Gasteiger partial charge < -0.3 is 14.2 Å². The second-order valence-electron chi connectivity index (χ2n) is 5.59. The lowest BCUT2D eigenvalue weighted by Crippen LogP contribution is -2.20. The fraction of sp³-hybridized carbons (Fsp3) is 0.600. The van der Waals surface area contributed by atoms with Crippen molar-refractivity contribution in [1.29, 1.82) is 0 Å². The van der Waals surface area contributed by atoms with Crippen molar-refractivity contribution in [2.24, 2.45) is 5.41 Å². The molecule has 0 aliphatic carbocycles. The molecule has 0 bridgehead atoms. The van der Waals surface area contributed by atoms with Gasteiger partial charge >= 0.3 is 23.9 Å². The zero-order valence-corrected chi connectivity index (χ0v) is 13.3. The van der Waals surface area contributed by atoms with Gasteiger partial charge in [0.05, 0.1) is 19.4 Å². The molecule has 0 spiro atoms. The molecule has 0 heterocycles. The van der Waals surface area contributed by atoms with Gasteiger partial charge in [-0.3, -0.25) is 9.59 Å². The van der Waals surface area contributed by atoms with E-state index in [4.69, 9.17) is 0 Å². The first kappa shape index (κ1) is 19.8. The van der Waals surface area contributed by atoms with Crippen LogP contribution in [-0.4, -0.2) is 37.1 Å².